The minimum atomic E-state index is -0.184. The number of hydrogen-bond acceptors (Lipinski definition) is 1. The summed E-state index contributed by atoms with van der Waals surface area (Å²) in [6.07, 6.45) is 9.06. The number of primary amides is 1. The van der Waals surface area contributed by atoms with Gasteiger partial charge in [0.05, 0.1) is 0 Å². The summed E-state index contributed by atoms with van der Waals surface area (Å²) >= 11 is 0. The molecular weight excluding hydrogens is 138 g/mol. The van der Waals surface area contributed by atoms with Gasteiger partial charge in [0, 0.05) is 6.42 Å². The highest BCUT2D eigenvalue weighted by molar-refractivity contribution is 5.73. The standard InChI is InChI=1S/C9H17NO/c1-2-3-4-5-6-7-8-9(10)11/h2-3H,4-8H2,1H3,(H2,10,11)/b3-2+. The highest BCUT2D eigenvalue weighted by Gasteiger charge is 1.92. The molecule has 0 bridgehead atoms. The molecule has 0 rings (SSSR count). The lowest BCUT2D eigenvalue weighted by Crippen LogP contribution is -2.09. The molecule has 0 fully saturated rings. The van der Waals surface area contributed by atoms with Crippen LogP contribution in [0.1, 0.15) is 39.0 Å². The van der Waals surface area contributed by atoms with Crippen molar-refractivity contribution in [3.05, 3.63) is 12.2 Å². The molecule has 2 N–H and O–H groups in total. The van der Waals surface area contributed by atoms with E-state index in [9.17, 15) is 4.79 Å². The molecule has 2 nitrogen and oxygen atoms in total. The largest absolute Gasteiger partial charge is 0.370 e. The molecule has 0 spiro atoms. The molecule has 64 valence electrons. The van der Waals surface area contributed by atoms with Crippen LogP contribution in [0.2, 0.25) is 0 Å². The van der Waals surface area contributed by atoms with E-state index in [1.807, 2.05) is 13.0 Å². The zero-order valence-corrected chi connectivity index (χ0v) is 7.18. The Morgan fingerprint density at radius 1 is 1.36 bits per heavy atom. The highest BCUT2D eigenvalue weighted by atomic mass is 16.1. The van der Waals surface area contributed by atoms with E-state index in [0.29, 0.717) is 6.42 Å². The van der Waals surface area contributed by atoms with Crippen LogP contribution < -0.4 is 5.73 Å². The van der Waals surface area contributed by atoms with Crippen LogP contribution in [-0.4, -0.2) is 5.91 Å². The monoisotopic (exact) mass is 155 g/mol. The Balaban J connectivity index is 2.96. The third kappa shape index (κ3) is 9.21. The molecule has 0 heterocycles. The minimum Gasteiger partial charge on any atom is -0.370 e. The van der Waals surface area contributed by atoms with E-state index in [1.54, 1.807) is 0 Å². The molecule has 0 atom stereocenters. The lowest BCUT2D eigenvalue weighted by Gasteiger charge is -1.94. The fourth-order valence-corrected chi connectivity index (χ4v) is 0.905. The van der Waals surface area contributed by atoms with Gasteiger partial charge in [0.25, 0.3) is 0 Å². The number of allylic oxidation sites excluding steroid dienone is 2. The maximum absolute atomic E-state index is 10.3. The van der Waals surface area contributed by atoms with E-state index in [-0.39, 0.29) is 5.91 Å². The van der Waals surface area contributed by atoms with Crippen LogP contribution >= 0.6 is 0 Å². The van der Waals surface area contributed by atoms with Crippen molar-refractivity contribution in [2.24, 2.45) is 5.73 Å². The average molecular weight is 155 g/mol. The number of hydrogen-bond donors (Lipinski definition) is 1. The molecule has 0 radical (unpaired) electrons. The Labute approximate surface area is 68.5 Å². The summed E-state index contributed by atoms with van der Waals surface area (Å²) in [5.74, 6) is -0.184. The number of rotatable bonds is 6. The predicted molar refractivity (Wildman–Crippen MR) is 47.1 cm³/mol. The van der Waals surface area contributed by atoms with E-state index in [4.69, 9.17) is 5.73 Å². The summed E-state index contributed by atoms with van der Waals surface area (Å²) in [6, 6.07) is 0. The third-order valence-corrected chi connectivity index (χ3v) is 1.53. The zero-order valence-electron chi connectivity index (χ0n) is 7.18. The Kier molecular flexibility index (Phi) is 6.79. The van der Waals surface area contributed by atoms with Crippen LogP contribution in [0.15, 0.2) is 12.2 Å². The molecule has 2 heteroatoms. The van der Waals surface area contributed by atoms with Crippen molar-refractivity contribution in [2.75, 3.05) is 0 Å². The van der Waals surface area contributed by atoms with Crippen LogP contribution in [0.25, 0.3) is 0 Å². The van der Waals surface area contributed by atoms with E-state index in [0.717, 1.165) is 25.7 Å². The van der Waals surface area contributed by atoms with Gasteiger partial charge >= 0.3 is 0 Å². The quantitative estimate of drug-likeness (QED) is 0.462. The second kappa shape index (κ2) is 7.32. The summed E-state index contributed by atoms with van der Waals surface area (Å²) in [5, 5.41) is 0. The number of carbonyl (C=O) groups excluding carboxylic acids is 1. The van der Waals surface area contributed by atoms with Gasteiger partial charge in [-0.05, 0) is 26.2 Å². The molecule has 11 heavy (non-hydrogen) atoms. The number of carbonyl (C=O) groups is 1. The highest BCUT2D eigenvalue weighted by Crippen LogP contribution is 2.02. The average Bonchev–Trinajstić information content (AvgIpc) is 1.96. The first-order chi connectivity index (χ1) is 5.27. The summed E-state index contributed by atoms with van der Waals surface area (Å²) in [6.45, 7) is 2.02. The van der Waals surface area contributed by atoms with E-state index >= 15 is 0 Å². The Morgan fingerprint density at radius 3 is 2.64 bits per heavy atom. The summed E-state index contributed by atoms with van der Waals surface area (Å²) < 4.78 is 0. The van der Waals surface area contributed by atoms with Gasteiger partial charge in [-0.3, -0.25) is 4.79 Å². The lowest BCUT2D eigenvalue weighted by molar-refractivity contribution is -0.118. The van der Waals surface area contributed by atoms with Crippen LogP contribution in [0.3, 0.4) is 0 Å². The smallest absolute Gasteiger partial charge is 0.217 e. The molecule has 0 saturated carbocycles. The molecule has 0 aromatic heterocycles. The molecule has 0 aliphatic carbocycles. The van der Waals surface area contributed by atoms with Crippen molar-refractivity contribution in [3.63, 3.8) is 0 Å². The first kappa shape index (κ1) is 10.2. The Morgan fingerprint density at radius 2 is 2.09 bits per heavy atom. The molecule has 0 saturated heterocycles. The van der Waals surface area contributed by atoms with Gasteiger partial charge in [0.1, 0.15) is 0 Å². The molecule has 0 aromatic rings. The topological polar surface area (TPSA) is 43.1 Å². The Bertz CT molecular complexity index is 130. The Hall–Kier alpha value is -0.790. The number of amides is 1. The second-order valence-electron chi connectivity index (χ2n) is 2.63. The van der Waals surface area contributed by atoms with Gasteiger partial charge in [0.15, 0.2) is 0 Å². The van der Waals surface area contributed by atoms with Crippen molar-refractivity contribution < 1.29 is 4.79 Å². The first-order valence-corrected chi connectivity index (χ1v) is 4.17. The SMILES string of the molecule is C/C=C/CCCCCC(N)=O. The van der Waals surface area contributed by atoms with E-state index in [1.165, 1.54) is 0 Å². The van der Waals surface area contributed by atoms with Gasteiger partial charge < -0.3 is 5.73 Å². The number of unbranched alkanes of at least 4 members (excludes halogenated alkanes) is 3. The molecule has 1 amide bonds. The maximum atomic E-state index is 10.3. The maximum Gasteiger partial charge on any atom is 0.217 e. The van der Waals surface area contributed by atoms with Gasteiger partial charge in [-0.1, -0.05) is 18.6 Å². The lowest BCUT2D eigenvalue weighted by atomic mass is 10.1. The van der Waals surface area contributed by atoms with E-state index < -0.39 is 0 Å². The molecule has 0 aromatic carbocycles. The molecular formula is C9H17NO. The van der Waals surface area contributed by atoms with Crippen LogP contribution in [-0.2, 0) is 4.79 Å². The van der Waals surface area contributed by atoms with Crippen molar-refractivity contribution in [1.29, 1.82) is 0 Å². The molecule has 0 aliphatic heterocycles. The summed E-state index contributed by atoms with van der Waals surface area (Å²) in [4.78, 5) is 10.3. The first-order valence-electron chi connectivity index (χ1n) is 4.17. The van der Waals surface area contributed by atoms with Crippen LogP contribution in [0.5, 0.6) is 0 Å². The van der Waals surface area contributed by atoms with E-state index in [2.05, 4.69) is 6.08 Å². The van der Waals surface area contributed by atoms with Gasteiger partial charge in [-0.15, -0.1) is 0 Å². The van der Waals surface area contributed by atoms with Crippen molar-refractivity contribution in [1.82, 2.24) is 0 Å². The number of nitrogens with two attached hydrogens (primary N) is 1. The van der Waals surface area contributed by atoms with Crippen LogP contribution in [0.4, 0.5) is 0 Å². The van der Waals surface area contributed by atoms with Crippen molar-refractivity contribution in [3.8, 4) is 0 Å². The fraction of sp³-hybridized carbons (Fsp3) is 0.667. The van der Waals surface area contributed by atoms with Gasteiger partial charge in [-0.2, -0.15) is 0 Å². The van der Waals surface area contributed by atoms with Crippen molar-refractivity contribution >= 4 is 5.91 Å². The van der Waals surface area contributed by atoms with Crippen LogP contribution in [0, 0.1) is 0 Å². The second-order valence-corrected chi connectivity index (χ2v) is 2.63. The van der Waals surface area contributed by atoms with Gasteiger partial charge in [-0.25, -0.2) is 0 Å². The normalized spacial score (nSPS) is 10.6. The summed E-state index contributed by atoms with van der Waals surface area (Å²) in [5.41, 5.74) is 4.98. The van der Waals surface area contributed by atoms with Crippen molar-refractivity contribution in [2.45, 2.75) is 39.0 Å². The van der Waals surface area contributed by atoms with Gasteiger partial charge in [0.2, 0.25) is 5.91 Å². The zero-order chi connectivity index (χ0) is 8.53. The fourth-order valence-electron chi connectivity index (χ4n) is 0.905. The third-order valence-electron chi connectivity index (χ3n) is 1.53. The summed E-state index contributed by atoms with van der Waals surface area (Å²) in [7, 11) is 0. The molecule has 0 unspecified atom stereocenters. The predicted octanol–water partition coefficient (Wildman–Crippen LogP) is 2.00. The molecule has 0 aliphatic rings. The minimum absolute atomic E-state index is 0.184.